The third-order valence-electron chi connectivity index (χ3n) is 4.32. The Morgan fingerprint density at radius 3 is 2.42 bits per heavy atom. The Hall–Kier alpha value is -3.11. The number of phenolic OH excluding ortho intramolecular Hbond substituents is 1. The van der Waals surface area contributed by atoms with Gasteiger partial charge in [0.05, 0.1) is 6.54 Å². The molecule has 0 bridgehead atoms. The van der Waals surface area contributed by atoms with Crippen molar-refractivity contribution in [1.29, 1.82) is 0 Å². The van der Waals surface area contributed by atoms with E-state index in [0.717, 1.165) is 21.3 Å². The molecule has 4 aromatic rings. The largest absolute Gasteiger partial charge is 0.508 e. The first-order valence-corrected chi connectivity index (χ1v) is 9.21. The van der Waals surface area contributed by atoms with E-state index in [-0.39, 0.29) is 11.7 Å². The number of amides is 1. The zero-order valence-electron chi connectivity index (χ0n) is 14.0. The lowest BCUT2D eigenvalue weighted by Crippen LogP contribution is -2.30. The molecule has 0 aliphatic carbocycles. The summed E-state index contributed by atoms with van der Waals surface area (Å²) in [6.45, 7) is 0.491. The number of phenols is 1. The van der Waals surface area contributed by atoms with Crippen molar-refractivity contribution in [2.24, 2.45) is 0 Å². The number of hydrogen-bond acceptors (Lipinski definition) is 3. The van der Waals surface area contributed by atoms with Crippen molar-refractivity contribution < 1.29 is 9.90 Å². The highest BCUT2D eigenvalue weighted by Crippen LogP contribution is 2.27. The number of carbonyl (C=O) groups is 1. The average Bonchev–Trinajstić information content (AvgIpc) is 3.19. The van der Waals surface area contributed by atoms with Gasteiger partial charge in [-0.05, 0) is 52.6 Å². The predicted molar refractivity (Wildman–Crippen MR) is 107 cm³/mol. The van der Waals surface area contributed by atoms with Crippen molar-refractivity contribution in [2.45, 2.75) is 6.54 Å². The summed E-state index contributed by atoms with van der Waals surface area (Å²) in [5.41, 5.74) is 1.43. The highest BCUT2D eigenvalue weighted by Gasteiger charge is 2.20. The van der Waals surface area contributed by atoms with E-state index in [0.29, 0.717) is 12.1 Å². The van der Waals surface area contributed by atoms with Gasteiger partial charge in [-0.1, -0.05) is 42.5 Å². The minimum atomic E-state index is -0.0547. The molecule has 3 nitrogen and oxygen atoms in total. The van der Waals surface area contributed by atoms with Gasteiger partial charge in [0.15, 0.2) is 0 Å². The third-order valence-corrected chi connectivity index (χ3v) is 5.18. The van der Waals surface area contributed by atoms with Crippen molar-refractivity contribution in [3.05, 3.63) is 94.7 Å². The van der Waals surface area contributed by atoms with E-state index in [1.807, 2.05) is 60.0 Å². The second-order valence-corrected chi connectivity index (χ2v) is 7.05. The molecule has 0 saturated heterocycles. The number of hydrogen-bond donors (Lipinski definition) is 1. The first kappa shape index (κ1) is 16.4. The molecule has 0 aliphatic rings. The number of thiophene rings is 1. The number of nitrogens with zero attached hydrogens (tertiary/aromatic N) is 1. The van der Waals surface area contributed by atoms with Crippen LogP contribution in [0, 0.1) is 0 Å². The van der Waals surface area contributed by atoms with E-state index in [1.54, 1.807) is 40.5 Å². The van der Waals surface area contributed by atoms with Crippen LogP contribution in [0.15, 0.2) is 84.2 Å². The second kappa shape index (κ2) is 7.02. The minimum absolute atomic E-state index is 0.0547. The Bertz CT molecular complexity index is 1030. The molecule has 0 spiro atoms. The first-order valence-electron chi connectivity index (χ1n) is 8.33. The Kier molecular flexibility index (Phi) is 4.42. The first-order chi connectivity index (χ1) is 12.7. The van der Waals surface area contributed by atoms with Crippen LogP contribution in [0.4, 0.5) is 5.69 Å². The van der Waals surface area contributed by atoms with Crippen LogP contribution < -0.4 is 4.90 Å². The monoisotopic (exact) mass is 359 g/mol. The predicted octanol–water partition coefficient (Wildman–Crippen LogP) is 5.45. The molecule has 0 radical (unpaired) electrons. The normalized spacial score (nSPS) is 10.8. The van der Waals surface area contributed by atoms with Gasteiger partial charge in [-0.3, -0.25) is 4.79 Å². The number of fused-ring (bicyclic) bond motifs is 1. The molecule has 1 amide bonds. The molecule has 4 heteroatoms. The molecule has 128 valence electrons. The molecule has 0 saturated carbocycles. The summed E-state index contributed by atoms with van der Waals surface area (Å²) in [5.74, 6) is 0.128. The molecular formula is C22H17NO2S. The van der Waals surface area contributed by atoms with E-state index in [1.165, 1.54) is 0 Å². The molecule has 1 N–H and O–H groups in total. The van der Waals surface area contributed by atoms with Crippen LogP contribution in [0.3, 0.4) is 0 Å². The molecular weight excluding hydrogens is 342 g/mol. The van der Waals surface area contributed by atoms with Crippen molar-refractivity contribution in [2.75, 3.05) is 4.90 Å². The molecule has 4 rings (SSSR count). The average molecular weight is 359 g/mol. The molecule has 3 aromatic carbocycles. The standard InChI is InChI=1S/C22H17NO2S/c24-18-12-10-17(11-13-18)23(15-19-7-4-14-26-19)22(25)21-9-3-6-16-5-1-2-8-20(16)21/h1-14,24H,15H2. The van der Waals surface area contributed by atoms with Crippen molar-refractivity contribution >= 4 is 33.7 Å². The Balaban J connectivity index is 1.79. The van der Waals surface area contributed by atoms with Gasteiger partial charge in [0.2, 0.25) is 0 Å². The molecule has 0 aliphatic heterocycles. The van der Waals surface area contributed by atoms with Crippen molar-refractivity contribution in [1.82, 2.24) is 0 Å². The lowest BCUT2D eigenvalue weighted by molar-refractivity contribution is 0.0987. The van der Waals surface area contributed by atoms with E-state index in [4.69, 9.17) is 0 Å². The zero-order chi connectivity index (χ0) is 17.9. The fourth-order valence-corrected chi connectivity index (χ4v) is 3.72. The Morgan fingerprint density at radius 1 is 0.885 bits per heavy atom. The minimum Gasteiger partial charge on any atom is -0.508 e. The van der Waals surface area contributed by atoms with Crippen LogP contribution in [0.2, 0.25) is 0 Å². The molecule has 26 heavy (non-hydrogen) atoms. The highest BCUT2D eigenvalue weighted by molar-refractivity contribution is 7.09. The van der Waals surface area contributed by atoms with Crippen LogP contribution in [-0.4, -0.2) is 11.0 Å². The number of anilines is 1. The summed E-state index contributed by atoms with van der Waals surface area (Å²) in [5, 5.41) is 13.6. The van der Waals surface area contributed by atoms with Crippen molar-refractivity contribution in [3.63, 3.8) is 0 Å². The number of benzene rings is 3. The van der Waals surface area contributed by atoms with Crippen LogP contribution in [0.5, 0.6) is 5.75 Å². The molecule has 1 heterocycles. The SMILES string of the molecule is O=C(c1cccc2ccccc12)N(Cc1cccs1)c1ccc(O)cc1. The lowest BCUT2D eigenvalue weighted by Gasteiger charge is -2.23. The maximum atomic E-state index is 13.4. The maximum Gasteiger partial charge on any atom is 0.259 e. The molecule has 1 aromatic heterocycles. The van der Waals surface area contributed by atoms with Crippen LogP contribution in [-0.2, 0) is 6.54 Å². The quantitative estimate of drug-likeness (QED) is 0.526. The summed E-state index contributed by atoms with van der Waals surface area (Å²) >= 11 is 1.62. The maximum absolute atomic E-state index is 13.4. The zero-order valence-corrected chi connectivity index (χ0v) is 14.8. The van der Waals surface area contributed by atoms with Gasteiger partial charge in [-0.15, -0.1) is 11.3 Å². The molecule has 0 fully saturated rings. The lowest BCUT2D eigenvalue weighted by atomic mass is 10.0. The van der Waals surface area contributed by atoms with E-state index >= 15 is 0 Å². The Morgan fingerprint density at radius 2 is 1.65 bits per heavy atom. The van der Waals surface area contributed by atoms with Gasteiger partial charge in [-0.25, -0.2) is 0 Å². The Labute approximate surface area is 155 Å². The van der Waals surface area contributed by atoms with Crippen LogP contribution >= 0.6 is 11.3 Å². The second-order valence-electron chi connectivity index (χ2n) is 6.01. The van der Waals surface area contributed by atoms with Gasteiger partial charge in [0.1, 0.15) is 5.75 Å². The number of rotatable bonds is 4. The van der Waals surface area contributed by atoms with Gasteiger partial charge in [0.25, 0.3) is 5.91 Å². The highest BCUT2D eigenvalue weighted by atomic mass is 32.1. The van der Waals surface area contributed by atoms with Crippen molar-refractivity contribution in [3.8, 4) is 5.75 Å². The summed E-state index contributed by atoms with van der Waals surface area (Å²) in [6.07, 6.45) is 0. The van der Waals surface area contributed by atoms with E-state index < -0.39 is 0 Å². The fourth-order valence-electron chi connectivity index (χ4n) is 3.03. The van der Waals surface area contributed by atoms with Gasteiger partial charge in [-0.2, -0.15) is 0 Å². The summed E-state index contributed by atoms with van der Waals surface area (Å²) < 4.78 is 0. The smallest absolute Gasteiger partial charge is 0.259 e. The van der Waals surface area contributed by atoms with E-state index in [9.17, 15) is 9.90 Å². The fraction of sp³-hybridized carbons (Fsp3) is 0.0455. The number of carbonyl (C=O) groups excluding carboxylic acids is 1. The number of aromatic hydroxyl groups is 1. The third kappa shape index (κ3) is 3.19. The molecule has 0 unspecified atom stereocenters. The topological polar surface area (TPSA) is 40.5 Å². The molecule has 0 atom stereocenters. The van der Waals surface area contributed by atoms with Gasteiger partial charge < -0.3 is 10.0 Å². The van der Waals surface area contributed by atoms with E-state index in [2.05, 4.69) is 0 Å². The summed E-state index contributed by atoms with van der Waals surface area (Å²) in [6, 6.07) is 24.4. The van der Waals surface area contributed by atoms with Crippen LogP contribution in [0.1, 0.15) is 15.2 Å². The summed E-state index contributed by atoms with van der Waals surface area (Å²) in [4.78, 5) is 16.3. The van der Waals surface area contributed by atoms with Gasteiger partial charge in [0, 0.05) is 16.1 Å². The van der Waals surface area contributed by atoms with Gasteiger partial charge >= 0.3 is 0 Å². The summed E-state index contributed by atoms with van der Waals surface area (Å²) in [7, 11) is 0. The van der Waals surface area contributed by atoms with Crippen LogP contribution in [0.25, 0.3) is 10.8 Å².